The van der Waals surface area contributed by atoms with Crippen LogP contribution in [0.25, 0.3) is 6.08 Å². The number of hydrogen-bond donors (Lipinski definition) is 0. The highest BCUT2D eigenvalue weighted by Crippen LogP contribution is 2.33. The average Bonchev–Trinajstić information content (AvgIpc) is 3.09. The van der Waals surface area contributed by atoms with E-state index in [1.54, 1.807) is 30.6 Å². The van der Waals surface area contributed by atoms with Gasteiger partial charge in [-0.05, 0) is 46.7 Å². The summed E-state index contributed by atoms with van der Waals surface area (Å²) >= 11 is 7.18. The molecule has 0 unspecified atom stereocenters. The number of halogens is 1. The molecule has 3 aromatic carbocycles. The van der Waals surface area contributed by atoms with Crippen LogP contribution in [0.15, 0.2) is 105 Å². The van der Waals surface area contributed by atoms with E-state index in [9.17, 15) is 4.79 Å². The van der Waals surface area contributed by atoms with E-state index in [0.717, 1.165) is 16.7 Å². The van der Waals surface area contributed by atoms with Crippen molar-refractivity contribution in [2.45, 2.75) is 0 Å². The first-order valence-electron chi connectivity index (χ1n) is 9.44. The Labute approximate surface area is 189 Å². The first kappa shape index (κ1) is 20.8. The molecular weight excluding hydrogens is 428 g/mol. The summed E-state index contributed by atoms with van der Waals surface area (Å²) in [5.41, 5.74) is 2.65. The van der Waals surface area contributed by atoms with Crippen molar-refractivity contribution in [1.29, 1.82) is 0 Å². The van der Waals surface area contributed by atoms with Crippen LogP contribution in [0.5, 0.6) is 0 Å². The maximum atomic E-state index is 13.0. The van der Waals surface area contributed by atoms with Crippen LogP contribution in [0.3, 0.4) is 0 Å². The minimum absolute atomic E-state index is 0.263. The van der Waals surface area contributed by atoms with Crippen molar-refractivity contribution in [3.63, 3.8) is 0 Å². The molecule has 1 amide bonds. The van der Waals surface area contributed by atoms with Gasteiger partial charge in [-0.15, -0.1) is 5.10 Å². The molecule has 1 fully saturated rings. The van der Waals surface area contributed by atoms with Gasteiger partial charge in [0, 0.05) is 5.02 Å². The molecule has 3 aromatic rings. The first-order chi connectivity index (χ1) is 15.2. The van der Waals surface area contributed by atoms with Gasteiger partial charge >= 0.3 is 0 Å². The second kappa shape index (κ2) is 10.0. The Kier molecular flexibility index (Phi) is 6.72. The van der Waals surface area contributed by atoms with Crippen LogP contribution in [0.4, 0.5) is 0 Å². The van der Waals surface area contributed by atoms with Crippen LogP contribution in [0, 0.1) is 0 Å². The van der Waals surface area contributed by atoms with Crippen molar-refractivity contribution in [3.05, 3.63) is 112 Å². The van der Waals surface area contributed by atoms with Crippen molar-refractivity contribution >= 4 is 52.9 Å². The van der Waals surface area contributed by atoms with Crippen LogP contribution in [-0.2, 0) is 4.79 Å². The summed E-state index contributed by atoms with van der Waals surface area (Å²) in [5.74, 6) is -0.263. The smallest absolute Gasteiger partial charge is 0.266 e. The molecule has 1 saturated heterocycles. The number of carbonyl (C=O) groups excluding carboxylic acids is 1. The molecule has 4 rings (SSSR count). The van der Waals surface area contributed by atoms with Crippen LogP contribution in [0.2, 0.25) is 5.02 Å². The van der Waals surface area contributed by atoms with Gasteiger partial charge in [-0.1, -0.05) is 84.4 Å². The second-order valence-corrected chi connectivity index (χ2v) is 7.92. The van der Waals surface area contributed by atoms with E-state index < -0.39 is 0 Å². The highest BCUT2D eigenvalue weighted by molar-refractivity contribution is 8.18. The lowest BCUT2D eigenvalue weighted by Crippen LogP contribution is -2.23. The number of thioether (sulfide) groups is 1. The van der Waals surface area contributed by atoms with Crippen LogP contribution < -0.4 is 0 Å². The van der Waals surface area contributed by atoms with Crippen LogP contribution in [0.1, 0.15) is 16.7 Å². The fourth-order valence-corrected chi connectivity index (χ4v) is 3.69. The minimum Gasteiger partial charge on any atom is -0.266 e. The summed E-state index contributed by atoms with van der Waals surface area (Å²) in [6.45, 7) is 0. The van der Waals surface area contributed by atoms with Gasteiger partial charge in [-0.2, -0.15) is 15.2 Å². The third-order valence-electron chi connectivity index (χ3n) is 4.22. The molecule has 0 atom stereocenters. The average molecular weight is 445 g/mol. The predicted octanol–water partition coefficient (Wildman–Crippen LogP) is 5.68. The van der Waals surface area contributed by atoms with E-state index in [0.29, 0.717) is 15.1 Å². The summed E-state index contributed by atoms with van der Waals surface area (Å²) < 4.78 is 0. The lowest BCUT2D eigenvalue weighted by molar-refractivity contribution is -0.122. The summed E-state index contributed by atoms with van der Waals surface area (Å²) in [5, 5.41) is 15.0. The van der Waals surface area contributed by atoms with E-state index in [4.69, 9.17) is 11.6 Å². The fourth-order valence-electron chi connectivity index (χ4n) is 2.69. The quantitative estimate of drug-likeness (QED) is 0.289. The molecule has 5 nitrogen and oxygen atoms in total. The molecule has 31 heavy (non-hydrogen) atoms. The number of nitrogens with zero attached hydrogens (tertiary/aromatic N) is 4. The summed E-state index contributed by atoms with van der Waals surface area (Å²) in [6, 6.07) is 26.4. The second-order valence-electron chi connectivity index (χ2n) is 6.47. The number of hydrazone groups is 1. The Hall–Kier alpha value is -3.48. The van der Waals surface area contributed by atoms with Gasteiger partial charge < -0.3 is 0 Å². The molecule has 1 aliphatic rings. The zero-order valence-corrected chi connectivity index (χ0v) is 17.9. The standard InChI is InChI=1S/C24H17ClN4OS/c25-21-13-11-18(12-14-21)15-22-23(30)29(27-17-20-9-5-2-6-10-20)24(31-22)28-26-16-19-7-3-1-4-8-19/h1-17H/b22-15+,26-16-,27-17-,28-24-. The molecule has 0 radical (unpaired) electrons. The maximum Gasteiger partial charge on any atom is 0.287 e. The van der Waals surface area contributed by atoms with Crippen molar-refractivity contribution < 1.29 is 4.79 Å². The van der Waals surface area contributed by atoms with E-state index in [-0.39, 0.29) is 5.91 Å². The summed E-state index contributed by atoms with van der Waals surface area (Å²) in [6.07, 6.45) is 5.05. The van der Waals surface area contributed by atoms with Crippen molar-refractivity contribution in [2.75, 3.05) is 0 Å². The minimum atomic E-state index is -0.263. The van der Waals surface area contributed by atoms with Crippen molar-refractivity contribution in [2.24, 2.45) is 15.3 Å². The Morgan fingerprint density at radius 2 is 1.39 bits per heavy atom. The molecule has 7 heteroatoms. The largest absolute Gasteiger partial charge is 0.287 e. The monoisotopic (exact) mass is 444 g/mol. The van der Waals surface area contributed by atoms with Gasteiger partial charge in [-0.25, -0.2) is 0 Å². The highest BCUT2D eigenvalue weighted by atomic mass is 35.5. The van der Waals surface area contributed by atoms with Crippen molar-refractivity contribution in [3.8, 4) is 0 Å². The summed E-state index contributed by atoms with van der Waals surface area (Å²) in [4.78, 5) is 13.5. The zero-order valence-electron chi connectivity index (χ0n) is 16.3. The number of amidine groups is 1. The topological polar surface area (TPSA) is 57.4 Å². The van der Waals surface area contributed by atoms with Gasteiger partial charge in [0.25, 0.3) is 5.91 Å². The molecule has 1 aliphatic heterocycles. The molecule has 0 aromatic heterocycles. The van der Waals surface area contributed by atoms with Gasteiger partial charge in [0.05, 0.1) is 17.3 Å². The molecule has 0 aliphatic carbocycles. The number of benzene rings is 3. The Morgan fingerprint density at radius 1 is 0.774 bits per heavy atom. The predicted molar refractivity (Wildman–Crippen MR) is 129 cm³/mol. The van der Waals surface area contributed by atoms with Gasteiger partial charge in [0.15, 0.2) is 0 Å². The lowest BCUT2D eigenvalue weighted by atomic mass is 10.2. The SMILES string of the molecule is O=C1/C(=C\c2ccc(Cl)cc2)S/C(=N\N=C/c2ccccc2)N1/N=C\c1ccccc1. The molecule has 0 spiro atoms. The third-order valence-corrected chi connectivity index (χ3v) is 5.43. The van der Waals surface area contributed by atoms with E-state index >= 15 is 0 Å². The zero-order chi connectivity index (χ0) is 21.5. The van der Waals surface area contributed by atoms with Gasteiger partial charge in [0.2, 0.25) is 5.17 Å². The number of carbonyl (C=O) groups is 1. The third kappa shape index (κ3) is 5.57. The Balaban J connectivity index is 1.63. The highest BCUT2D eigenvalue weighted by Gasteiger charge is 2.33. The van der Waals surface area contributed by atoms with Gasteiger partial charge in [-0.3, -0.25) is 4.79 Å². The molecule has 152 valence electrons. The first-order valence-corrected chi connectivity index (χ1v) is 10.6. The molecule has 0 saturated carbocycles. The number of rotatable bonds is 5. The van der Waals surface area contributed by atoms with Crippen LogP contribution >= 0.6 is 23.4 Å². The van der Waals surface area contributed by atoms with E-state index in [1.165, 1.54) is 16.8 Å². The Morgan fingerprint density at radius 3 is 2.03 bits per heavy atom. The van der Waals surface area contributed by atoms with Crippen LogP contribution in [-0.4, -0.2) is 28.5 Å². The molecule has 1 heterocycles. The fraction of sp³-hybridized carbons (Fsp3) is 0. The maximum absolute atomic E-state index is 13.0. The van der Waals surface area contributed by atoms with E-state index in [1.807, 2.05) is 72.8 Å². The van der Waals surface area contributed by atoms with Crippen molar-refractivity contribution in [1.82, 2.24) is 5.01 Å². The molecule has 0 N–H and O–H groups in total. The lowest BCUT2D eigenvalue weighted by Gasteiger charge is -2.06. The summed E-state index contributed by atoms with van der Waals surface area (Å²) in [7, 11) is 0. The van der Waals surface area contributed by atoms with E-state index in [2.05, 4.69) is 15.3 Å². The normalized spacial score (nSPS) is 16.9. The number of amides is 1. The van der Waals surface area contributed by atoms with Gasteiger partial charge in [0.1, 0.15) is 0 Å². The Bertz CT molecular complexity index is 1170. The molecular formula is C24H17ClN4OS. The number of hydrogen-bond acceptors (Lipinski definition) is 5. The molecule has 0 bridgehead atoms.